The minimum Gasteiger partial charge on any atom is -0.398 e. The molecule has 0 spiro atoms. The van der Waals surface area contributed by atoms with Gasteiger partial charge in [-0.2, -0.15) is 0 Å². The van der Waals surface area contributed by atoms with Crippen LogP contribution >= 0.6 is 23.2 Å². The SMILES string of the molecule is Cc1ccc(NC(=O)c2cc(Cl)ccc2N)cc1Cl. The highest BCUT2D eigenvalue weighted by Crippen LogP contribution is 2.22. The van der Waals surface area contributed by atoms with E-state index in [0.29, 0.717) is 27.0 Å². The van der Waals surface area contributed by atoms with E-state index in [1.54, 1.807) is 24.3 Å². The van der Waals surface area contributed by atoms with Crippen LogP contribution in [0.3, 0.4) is 0 Å². The predicted molar refractivity (Wildman–Crippen MR) is 80.0 cm³/mol. The van der Waals surface area contributed by atoms with Crippen molar-refractivity contribution < 1.29 is 4.79 Å². The fourth-order valence-corrected chi connectivity index (χ4v) is 1.95. The number of benzene rings is 2. The summed E-state index contributed by atoms with van der Waals surface area (Å²) >= 11 is 11.9. The monoisotopic (exact) mass is 294 g/mol. The highest BCUT2D eigenvalue weighted by atomic mass is 35.5. The minimum absolute atomic E-state index is 0.320. The second-order valence-electron chi connectivity index (χ2n) is 4.15. The number of hydrogen-bond acceptors (Lipinski definition) is 2. The topological polar surface area (TPSA) is 55.1 Å². The molecular formula is C14H12Cl2N2O. The van der Waals surface area contributed by atoms with Gasteiger partial charge in [0.05, 0.1) is 5.56 Å². The number of nitrogens with one attached hydrogen (secondary N) is 1. The van der Waals surface area contributed by atoms with Crippen LogP contribution in [0.1, 0.15) is 15.9 Å². The van der Waals surface area contributed by atoms with Crippen molar-refractivity contribution >= 4 is 40.5 Å². The summed E-state index contributed by atoms with van der Waals surface area (Å²) in [5.74, 6) is -0.320. The number of anilines is 2. The Kier molecular flexibility index (Phi) is 3.98. The third kappa shape index (κ3) is 3.19. The number of rotatable bonds is 2. The van der Waals surface area contributed by atoms with Gasteiger partial charge >= 0.3 is 0 Å². The fourth-order valence-electron chi connectivity index (χ4n) is 1.59. The van der Waals surface area contributed by atoms with Crippen LogP contribution in [-0.2, 0) is 0 Å². The Balaban J connectivity index is 2.25. The third-order valence-corrected chi connectivity index (χ3v) is 3.33. The molecule has 2 aromatic rings. The van der Waals surface area contributed by atoms with E-state index in [2.05, 4.69) is 5.32 Å². The first-order valence-corrected chi connectivity index (χ1v) is 6.35. The lowest BCUT2D eigenvalue weighted by atomic mass is 10.1. The first-order chi connectivity index (χ1) is 8.97. The summed E-state index contributed by atoms with van der Waals surface area (Å²) in [5.41, 5.74) is 8.02. The van der Waals surface area contributed by atoms with Crippen molar-refractivity contribution in [2.45, 2.75) is 6.92 Å². The van der Waals surface area contributed by atoms with Crippen molar-refractivity contribution in [2.24, 2.45) is 0 Å². The molecule has 1 amide bonds. The first kappa shape index (κ1) is 13.7. The Hall–Kier alpha value is -1.71. The molecule has 0 saturated heterocycles. The van der Waals surface area contributed by atoms with Crippen molar-refractivity contribution in [2.75, 3.05) is 11.1 Å². The molecule has 0 radical (unpaired) electrons. The Morgan fingerprint density at radius 2 is 1.89 bits per heavy atom. The first-order valence-electron chi connectivity index (χ1n) is 5.60. The second kappa shape index (κ2) is 5.51. The average molecular weight is 295 g/mol. The van der Waals surface area contributed by atoms with Gasteiger partial charge < -0.3 is 11.1 Å². The highest BCUT2D eigenvalue weighted by Gasteiger charge is 2.11. The number of carbonyl (C=O) groups excluding carboxylic acids is 1. The van der Waals surface area contributed by atoms with E-state index in [1.807, 2.05) is 13.0 Å². The molecule has 3 N–H and O–H groups in total. The molecule has 0 fully saturated rings. The van der Waals surface area contributed by atoms with E-state index in [-0.39, 0.29) is 5.91 Å². The van der Waals surface area contributed by atoms with Gasteiger partial charge in [0.1, 0.15) is 0 Å². The van der Waals surface area contributed by atoms with Gasteiger partial charge in [-0.25, -0.2) is 0 Å². The maximum atomic E-state index is 12.1. The summed E-state index contributed by atoms with van der Waals surface area (Å²) in [6, 6.07) is 10.1. The van der Waals surface area contributed by atoms with Crippen LogP contribution < -0.4 is 11.1 Å². The number of amides is 1. The summed E-state index contributed by atoms with van der Waals surface area (Å²) in [5, 5.41) is 3.79. The zero-order chi connectivity index (χ0) is 14.0. The molecule has 2 rings (SSSR count). The quantitative estimate of drug-likeness (QED) is 0.818. The van der Waals surface area contributed by atoms with Crippen LogP contribution in [-0.4, -0.2) is 5.91 Å². The van der Waals surface area contributed by atoms with E-state index in [4.69, 9.17) is 28.9 Å². The lowest BCUT2D eigenvalue weighted by molar-refractivity contribution is 0.102. The van der Waals surface area contributed by atoms with Gasteiger partial charge in [0.15, 0.2) is 0 Å². The predicted octanol–water partition coefficient (Wildman–Crippen LogP) is 4.14. The largest absolute Gasteiger partial charge is 0.398 e. The molecule has 0 atom stereocenters. The van der Waals surface area contributed by atoms with E-state index >= 15 is 0 Å². The van der Waals surface area contributed by atoms with E-state index < -0.39 is 0 Å². The van der Waals surface area contributed by atoms with Gasteiger partial charge in [-0.1, -0.05) is 29.3 Å². The van der Waals surface area contributed by atoms with Gasteiger partial charge in [0, 0.05) is 21.4 Å². The molecule has 0 aromatic heterocycles. The van der Waals surface area contributed by atoms with Crippen molar-refractivity contribution in [1.82, 2.24) is 0 Å². The molecule has 0 heterocycles. The Labute approximate surface area is 121 Å². The van der Waals surface area contributed by atoms with Crippen molar-refractivity contribution in [3.63, 3.8) is 0 Å². The zero-order valence-corrected chi connectivity index (χ0v) is 11.7. The highest BCUT2D eigenvalue weighted by molar-refractivity contribution is 6.32. The van der Waals surface area contributed by atoms with Gasteiger partial charge in [-0.15, -0.1) is 0 Å². The van der Waals surface area contributed by atoms with E-state index in [1.165, 1.54) is 6.07 Å². The van der Waals surface area contributed by atoms with Crippen LogP contribution in [0.4, 0.5) is 11.4 Å². The molecule has 0 aliphatic heterocycles. The van der Waals surface area contributed by atoms with Crippen LogP contribution in [0.25, 0.3) is 0 Å². The molecule has 0 aliphatic carbocycles. The maximum Gasteiger partial charge on any atom is 0.257 e. The molecule has 0 saturated carbocycles. The summed E-state index contributed by atoms with van der Waals surface area (Å²) < 4.78 is 0. The molecule has 3 nitrogen and oxygen atoms in total. The number of aryl methyl sites for hydroxylation is 1. The maximum absolute atomic E-state index is 12.1. The molecule has 19 heavy (non-hydrogen) atoms. The van der Waals surface area contributed by atoms with E-state index in [0.717, 1.165) is 5.56 Å². The number of halogens is 2. The Bertz CT molecular complexity index is 641. The van der Waals surface area contributed by atoms with Gasteiger partial charge in [0.25, 0.3) is 5.91 Å². The molecular weight excluding hydrogens is 283 g/mol. The van der Waals surface area contributed by atoms with E-state index in [9.17, 15) is 4.79 Å². The number of nitrogen functional groups attached to an aromatic ring is 1. The molecule has 0 unspecified atom stereocenters. The van der Waals surface area contributed by atoms with Crippen LogP contribution in [0.15, 0.2) is 36.4 Å². The number of hydrogen-bond donors (Lipinski definition) is 2. The molecule has 2 aromatic carbocycles. The third-order valence-electron chi connectivity index (χ3n) is 2.69. The summed E-state index contributed by atoms with van der Waals surface area (Å²) in [6.45, 7) is 1.89. The van der Waals surface area contributed by atoms with Gasteiger partial charge in [0.2, 0.25) is 0 Å². The number of carbonyl (C=O) groups is 1. The van der Waals surface area contributed by atoms with Crippen LogP contribution in [0.5, 0.6) is 0 Å². The summed E-state index contributed by atoms with van der Waals surface area (Å²) in [7, 11) is 0. The Morgan fingerprint density at radius 1 is 1.16 bits per heavy atom. The van der Waals surface area contributed by atoms with Crippen molar-refractivity contribution in [1.29, 1.82) is 0 Å². The fraction of sp³-hybridized carbons (Fsp3) is 0.0714. The lowest BCUT2D eigenvalue weighted by Gasteiger charge is -2.09. The number of nitrogens with two attached hydrogens (primary N) is 1. The minimum atomic E-state index is -0.320. The van der Waals surface area contributed by atoms with Gasteiger partial charge in [-0.05, 0) is 42.8 Å². The van der Waals surface area contributed by atoms with Gasteiger partial charge in [-0.3, -0.25) is 4.79 Å². The molecule has 0 bridgehead atoms. The average Bonchev–Trinajstić information content (AvgIpc) is 2.36. The zero-order valence-electron chi connectivity index (χ0n) is 10.2. The Morgan fingerprint density at radius 3 is 2.58 bits per heavy atom. The van der Waals surface area contributed by atoms with Crippen molar-refractivity contribution in [3.8, 4) is 0 Å². The van der Waals surface area contributed by atoms with Crippen LogP contribution in [0.2, 0.25) is 10.0 Å². The van der Waals surface area contributed by atoms with Crippen molar-refractivity contribution in [3.05, 3.63) is 57.6 Å². The standard InChI is InChI=1S/C14H12Cl2N2O/c1-8-2-4-10(7-12(8)16)18-14(19)11-6-9(15)3-5-13(11)17/h2-7H,17H2,1H3,(H,18,19). The molecule has 5 heteroatoms. The molecule has 0 aliphatic rings. The summed E-state index contributed by atoms with van der Waals surface area (Å²) in [4.78, 5) is 12.1. The smallest absolute Gasteiger partial charge is 0.257 e. The normalized spacial score (nSPS) is 10.3. The lowest BCUT2D eigenvalue weighted by Crippen LogP contribution is -2.14. The molecule has 98 valence electrons. The van der Waals surface area contributed by atoms with Crippen LogP contribution in [0, 0.1) is 6.92 Å². The second-order valence-corrected chi connectivity index (χ2v) is 4.99. The summed E-state index contributed by atoms with van der Waals surface area (Å²) in [6.07, 6.45) is 0.